The molecule has 1 amide bonds. The molecule has 0 aliphatic carbocycles. The Balaban J connectivity index is 1.96. The second kappa shape index (κ2) is 6.90. The summed E-state index contributed by atoms with van der Waals surface area (Å²) in [5, 5.41) is 9.97. The molecule has 24 heavy (non-hydrogen) atoms. The number of hydrogen-bond acceptors (Lipinski definition) is 3. The number of rotatable bonds is 4. The van der Waals surface area contributed by atoms with Crippen molar-refractivity contribution in [3.05, 3.63) is 69.9 Å². The van der Waals surface area contributed by atoms with E-state index >= 15 is 0 Å². The van der Waals surface area contributed by atoms with E-state index in [9.17, 15) is 4.79 Å². The second-order valence-electron chi connectivity index (χ2n) is 5.50. The minimum atomic E-state index is -0.273. The summed E-state index contributed by atoms with van der Waals surface area (Å²) in [6, 6.07) is 17.3. The SMILES string of the molecule is Cc1c(C(=O)N(CC#N)Cc2ccccc2)oc2ccc(Br)cc12. The van der Waals surface area contributed by atoms with Gasteiger partial charge in [-0.1, -0.05) is 46.3 Å². The van der Waals surface area contributed by atoms with Crippen LogP contribution in [0.5, 0.6) is 0 Å². The van der Waals surface area contributed by atoms with Crippen molar-refractivity contribution >= 4 is 32.8 Å². The number of nitrogens with zero attached hydrogens (tertiary/aromatic N) is 2. The number of amides is 1. The fourth-order valence-corrected chi connectivity index (χ4v) is 2.99. The van der Waals surface area contributed by atoms with Crippen molar-refractivity contribution in [1.82, 2.24) is 4.90 Å². The first-order valence-electron chi connectivity index (χ1n) is 7.49. The predicted octanol–water partition coefficient (Wildman–Crippen LogP) is 4.67. The first-order valence-corrected chi connectivity index (χ1v) is 8.28. The highest BCUT2D eigenvalue weighted by atomic mass is 79.9. The van der Waals surface area contributed by atoms with Gasteiger partial charge in [-0.2, -0.15) is 5.26 Å². The molecule has 0 aliphatic rings. The lowest BCUT2D eigenvalue weighted by Crippen LogP contribution is -2.31. The number of carbonyl (C=O) groups is 1. The van der Waals surface area contributed by atoms with E-state index in [1.807, 2.05) is 55.5 Å². The molecule has 3 aromatic rings. The van der Waals surface area contributed by atoms with Gasteiger partial charge in [0.15, 0.2) is 5.76 Å². The average Bonchev–Trinajstić information content (AvgIpc) is 2.91. The Labute approximate surface area is 148 Å². The van der Waals surface area contributed by atoms with Crippen LogP contribution in [-0.2, 0) is 6.54 Å². The average molecular weight is 383 g/mol. The Bertz CT molecular complexity index is 926. The summed E-state index contributed by atoms with van der Waals surface area (Å²) in [5.41, 5.74) is 2.42. The predicted molar refractivity (Wildman–Crippen MR) is 95.4 cm³/mol. The molecule has 0 saturated carbocycles. The zero-order valence-corrected chi connectivity index (χ0v) is 14.7. The number of hydrogen-bond donors (Lipinski definition) is 0. The minimum Gasteiger partial charge on any atom is -0.451 e. The molecule has 5 heteroatoms. The highest BCUT2D eigenvalue weighted by molar-refractivity contribution is 9.10. The second-order valence-corrected chi connectivity index (χ2v) is 6.42. The van der Waals surface area contributed by atoms with E-state index in [1.165, 1.54) is 4.90 Å². The molecule has 0 bridgehead atoms. The number of furan rings is 1. The van der Waals surface area contributed by atoms with Gasteiger partial charge in [0.05, 0.1) is 6.07 Å². The van der Waals surface area contributed by atoms with Crippen LogP contribution in [0.25, 0.3) is 11.0 Å². The van der Waals surface area contributed by atoms with Gasteiger partial charge in [-0.3, -0.25) is 4.79 Å². The summed E-state index contributed by atoms with van der Waals surface area (Å²) in [4.78, 5) is 14.4. The molecule has 0 unspecified atom stereocenters. The molecule has 0 fully saturated rings. The monoisotopic (exact) mass is 382 g/mol. The molecule has 2 aromatic carbocycles. The van der Waals surface area contributed by atoms with Crippen LogP contribution in [0.15, 0.2) is 57.4 Å². The first-order chi connectivity index (χ1) is 11.6. The first kappa shape index (κ1) is 16.3. The minimum absolute atomic E-state index is 0.00784. The smallest absolute Gasteiger partial charge is 0.291 e. The maximum Gasteiger partial charge on any atom is 0.291 e. The molecule has 4 nitrogen and oxygen atoms in total. The molecule has 0 aliphatic heterocycles. The lowest BCUT2D eigenvalue weighted by Gasteiger charge is -2.18. The van der Waals surface area contributed by atoms with Gasteiger partial charge < -0.3 is 9.32 Å². The fraction of sp³-hybridized carbons (Fsp3) is 0.158. The van der Waals surface area contributed by atoms with E-state index in [4.69, 9.17) is 9.68 Å². The lowest BCUT2D eigenvalue weighted by molar-refractivity contribution is 0.0734. The number of halogens is 1. The number of nitriles is 1. The van der Waals surface area contributed by atoms with Crippen molar-refractivity contribution in [2.45, 2.75) is 13.5 Å². The van der Waals surface area contributed by atoms with Gasteiger partial charge in [-0.15, -0.1) is 0 Å². The van der Waals surface area contributed by atoms with Crippen LogP contribution in [0.2, 0.25) is 0 Å². The third-order valence-corrected chi connectivity index (χ3v) is 4.35. The van der Waals surface area contributed by atoms with Crippen LogP contribution in [0.4, 0.5) is 0 Å². The van der Waals surface area contributed by atoms with Gasteiger partial charge in [0.25, 0.3) is 5.91 Å². The van der Waals surface area contributed by atoms with Crippen molar-refractivity contribution in [3.8, 4) is 6.07 Å². The summed E-state index contributed by atoms with van der Waals surface area (Å²) in [7, 11) is 0. The van der Waals surface area contributed by atoms with Gasteiger partial charge in [0, 0.05) is 22.0 Å². The van der Waals surface area contributed by atoms with Gasteiger partial charge in [0.2, 0.25) is 0 Å². The fourth-order valence-electron chi connectivity index (χ4n) is 2.63. The Kier molecular flexibility index (Phi) is 4.68. The van der Waals surface area contributed by atoms with E-state index in [0.717, 1.165) is 21.0 Å². The summed E-state index contributed by atoms with van der Waals surface area (Å²) >= 11 is 3.43. The molecule has 0 saturated heterocycles. The van der Waals surface area contributed by atoms with Crippen molar-refractivity contribution in [2.24, 2.45) is 0 Å². The van der Waals surface area contributed by atoms with E-state index in [-0.39, 0.29) is 18.2 Å². The third-order valence-electron chi connectivity index (χ3n) is 3.86. The Morgan fingerprint density at radius 1 is 1.25 bits per heavy atom. The Hall–Kier alpha value is -2.58. The van der Waals surface area contributed by atoms with Crippen LogP contribution in [0, 0.1) is 18.3 Å². The summed E-state index contributed by atoms with van der Waals surface area (Å²) < 4.78 is 6.69. The van der Waals surface area contributed by atoms with Crippen molar-refractivity contribution in [2.75, 3.05) is 6.54 Å². The van der Waals surface area contributed by atoms with Gasteiger partial charge >= 0.3 is 0 Å². The maximum atomic E-state index is 12.9. The third kappa shape index (κ3) is 3.19. The molecule has 0 atom stereocenters. The van der Waals surface area contributed by atoms with E-state index in [1.54, 1.807) is 0 Å². The summed E-state index contributed by atoms with van der Waals surface area (Å²) in [6.07, 6.45) is 0. The van der Waals surface area contributed by atoms with Gasteiger partial charge in [-0.05, 0) is 30.7 Å². The highest BCUT2D eigenvalue weighted by Crippen LogP contribution is 2.29. The molecule has 0 spiro atoms. The summed E-state index contributed by atoms with van der Waals surface area (Å²) in [6.45, 7) is 2.24. The van der Waals surface area contributed by atoms with Crippen LogP contribution in [0.1, 0.15) is 21.7 Å². The van der Waals surface area contributed by atoms with Crippen LogP contribution < -0.4 is 0 Å². The maximum absolute atomic E-state index is 12.9. The van der Waals surface area contributed by atoms with E-state index < -0.39 is 0 Å². The van der Waals surface area contributed by atoms with E-state index in [0.29, 0.717) is 12.1 Å². The molecular formula is C19H15BrN2O2. The molecule has 0 N–H and O–H groups in total. The number of benzene rings is 2. The lowest BCUT2D eigenvalue weighted by atomic mass is 10.1. The van der Waals surface area contributed by atoms with Crippen LogP contribution in [-0.4, -0.2) is 17.4 Å². The Morgan fingerprint density at radius 3 is 2.71 bits per heavy atom. The highest BCUT2D eigenvalue weighted by Gasteiger charge is 2.23. The molecule has 1 heterocycles. The van der Waals surface area contributed by atoms with E-state index in [2.05, 4.69) is 22.0 Å². The van der Waals surface area contributed by atoms with Gasteiger partial charge in [-0.25, -0.2) is 0 Å². The normalized spacial score (nSPS) is 10.5. The largest absolute Gasteiger partial charge is 0.451 e. The number of fused-ring (bicyclic) bond motifs is 1. The van der Waals surface area contributed by atoms with Crippen molar-refractivity contribution in [3.63, 3.8) is 0 Å². The number of carbonyl (C=O) groups excluding carboxylic acids is 1. The van der Waals surface area contributed by atoms with Gasteiger partial charge in [0.1, 0.15) is 12.1 Å². The van der Waals surface area contributed by atoms with Crippen molar-refractivity contribution < 1.29 is 9.21 Å². The topological polar surface area (TPSA) is 57.2 Å². The zero-order chi connectivity index (χ0) is 17.1. The summed E-state index contributed by atoms with van der Waals surface area (Å²) in [5.74, 6) is 0.0134. The van der Waals surface area contributed by atoms with Crippen LogP contribution in [0.3, 0.4) is 0 Å². The van der Waals surface area contributed by atoms with Crippen LogP contribution >= 0.6 is 15.9 Å². The molecular weight excluding hydrogens is 368 g/mol. The molecule has 1 aromatic heterocycles. The zero-order valence-electron chi connectivity index (χ0n) is 13.1. The molecule has 120 valence electrons. The Morgan fingerprint density at radius 2 is 2.00 bits per heavy atom. The number of aryl methyl sites for hydroxylation is 1. The van der Waals surface area contributed by atoms with Crippen molar-refractivity contribution in [1.29, 1.82) is 5.26 Å². The molecule has 3 rings (SSSR count). The quantitative estimate of drug-likeness (QED) is 0.616. The standard InChI is InChI=1S/C19H15BrN2O2/c1-13-16-11-15(20)7-8-17(16)24-18(13)19(23)22(10-9-21)12-14-5-3-2-4-6-14/h2-8,11H,10,12H2,1H3. The molecule has 0 radical (unpaired) electrons.